The third-order valence-corrected chi connectivity index (χ3v) is 23.8. The molecule has 0 unspecified atom stereocenters. The van der Waals surface area contributed by atoms with Crippen LogP contribution in [0.25, 0.3) is 200 Å². The highest BCUT2D eigenvalue weighted by Gasteiger charge is 2.25. The summed E-state index contributed by atoms with van der Waals surface area (Å²) in [5.41, 5.74) is 34.1. The van der Waals surface area contributed by atoms with E-state index in [-0.39, 0.29) is 0 Å². The van der Waals surface area contributed by atoms with Gasteiger partial charge in [0.1, 0.15) is 33.4 Å². The number of hydrogen-bond acceptors (Lipinski definition) is 8. The first-order chi connectivity index (χ1) is 60.4. The number of benzene rings is 19. The number of nitrogens with zero attached hydrogens (tertiary/aromatic N) is 4. The molecule has 572 valence electrons. The zero-order valence-electron chi connectivity index (χ0n) is 66.0. The number of aromatic nitrogens is 2. The van der Waals surface area contributed by atoms with Gasteiger partial charge in [0, 0.05) is 55.7 Å². The van der Waals surface area contributed by atoms with E-state index in [4.69, 9.17) is 27.6 Å². The Morgan fingerprint density at radius 3 is 0.934 bits per heavy atom. The van der Waals surface area contributed by atoms with Gasteiger partial charge < -0.3 is 27.5 Å². The van der Waals surface area contributed by atoms with Crippen LogP contribution in [0, 0.1) is 0 Å². The number of rotatable bonds is 17. The lowest BCUT2D eigenvalue weighted by molar-refractivity contribution is 0.621. The molecule has 0 amide bonds. The minimum Gasteiger partial charge on any atom is -0.456 e. The van der Waals surface area contributed by atoms with E-state index in [9.17, 15) is 0 Å². The van der Waals surface area contributed by atoms with Crippen molar-refractivity contribution in [2.24, 2.45) is 0 Å². The first-order valence-electron chi connectivity index (χ1n) is 41.2. The van der Waals surface area contributed by atoms with Crippen LogP contribution in [0.2, 0.25) is 0 Å². The van der Waals surface area contributed by atoms with Crippen molar-refractivity contribution in [3.05, 3.63) is 437 Å². The molecule has 23 aromatic rings. The summed E-state index contributed by atoms with van der Waals surface area (Å²) in [6.07, 6.45) is 0. The molecule has 8 heteroatoms. The highest BCUT2D eigenvalue weighted by atomic mass is 16.4. The quantitative estimate of drug-likeness (QED) is 0.0891. The molecule has 0 N–H and O–H groups in total. The number of furan rings is 2. The fourth-order valence-corrected chi connectivity index (χ4v) is 17.6. The van der Waals surface area contributed by atoms with Crippen molar-refractivity contribution in [1.29, 1.82) is 0 Å². The molecule has 0 radical (unpaired) electrons. The fourth-order valence-electron chi connectivity index (χ4n) is 17.6. The molecule has 8 nitrogen and oxygen atoms in total. The standard InChI is InChI=1S/C114H72N4O4/c1-6-18-73(19-7-1)76-32-34-78(35-33-76)80-40-51-92(52-41-80)117(96-31-17-29-87(69-96)81-38-36-77(37-39-81)74-20-8-2-9-21-74)93-53-44-82(45-54-93)89-49-61-100-108(71-89)120-106-67-64-103-112(110(100)106)122-114(116-103)91-30-16-28-86(68-91)88-48-59-98-101(70-88)97(84-24-12-4-13-25-84)62-65-104(98)118(94-55-42-79(43-56-94)75-22-10-3-11-23-75)95-57-46-83(47-58-95)90-50-60-99-107(72-90)119-105-66-63-102-111(109(99)105)121-113(115-102)85-26-14-5-15-27-85/h1-72H. The molecule has 0 atom stereocenters. The Kier molecular flexibility index (Phi) is 17.4. The van der Waals surface area contributed by atoms with Gasteiger partial charge in [0.2, 0.25) is 11.8 Å². The second kappa shape index (κ2) is 29.9. The Bertz CT molecular complexity index is 7860. The number of hydrogen-bond donors (Lipinski definition) is 0. The van der Waals surface area contributed by atoms with Gasteiger partial charge in [0.25, 0.3) is 0 Å². The predicted molar refractivity (Wildman–Crippen MR) is 503 cm³/mol. The Labute approximate surface area is 703 Å². The summed E-state index contributed by atoms with van der Waals surface area (Å²) in [7, 11) is 0. The average molecular weight is 1560 g/mol. The van der Waals surface area contributed by atoms with Crippen LogP contribution in [-0.2, 0) is 0 Å². The van der Waals surface area contributed by atoms with Crippen LogP contribution < -0.4 is 9.80 Å². The van der Waals surface area contributed by atoms with Crippen LogP contribution >= 0.6 is 0 Å². The highest BCUT2D eigenvalue weighted by Crippen LogP contribution is 2.48. The summed E-state index contributed by atoms with van der Waals surface area (Å²) in [6, 6.07) is 155. The maximum absolute atomic E-state index is 6.95. The van der Waals surface area contributed by atoms with E-state index in [1.807, 2.05) is 54.6 Å². The SMILES string of the molecule is c1ccc(-c2ccc(-c3ccc(N(c4ccc(-c5ccc6c(c5)oc5ccc7nc(-c8cccc(-c9ccc%10c(N(c%11ccc(-c%12ccccc%12)cc%11)c%11ccc(-c%12ccc%13c(c%12)oc%12ccc%14nc(-c%15ccccc%15)oc%14c%12%13)cc%11)ccc(-c%11ccccc%11)c%10c9)c8)oc7c56)cc4)c4cccc(-c5ccc(-c6ccccc6)cc5)c4)cc3)cc2)cc1. The van der Waals surface area contributed by atoms with E-state index in [0.717, 1.165) is 189 Å². The van der Waals surface area contributed by atoms with Crippen LogP contribution in [0.5, 0.6) is 0 Å². The van der Waals surface area contributed by atoms with Gasteiger partial charge in [-0.25, -0.2) is 9.97 Å². The molecule has 122 heavy (non-hydrogen) atoms. The molecule has 0 fully saturated rings. The van der Waals surface area contributed by atoms with E-state index in [0.29, 0.717) is 22.9 Å². The highest BCUT2D eigenvalue weighted by molar-refractivity contribution is 6.18. The molecule has 0 aliphatic carbocycles. The molecule has 4 heterocycles. The zero-order valence-corrected chi connectivity index (χ0v) is 66.0. The van der Waals surface area contributed by atoms with Crippen molar-refractivity contribution < 1.29 is 17.7 Å². The van der Waals surface area contributed by atoms with E-state index in [1.54, 1.807) is 0 Å². The van der Waals surface area contributed by atoms with Crippen LogP contribution in [-0.4, -0.2) is 9.97 Å². The van der Waals surface area contributed by atoms with Gasteiger partial charge in [0.05, 0.1) is 16.5 Å². The first kappa shape index (κ1) is 70.9. The topological polar surface area (TPSA) is 84.8 Å². The van der Waals surface area contributed by atoms with Crippen LogP contribution in [0.1, 0.15) is 0 Å². The van der Waals surface area contributed by atoms with Crippen molar-refractivity contribution >= 4 is 111 Å². The summed E-state index contributed by atoms with van der Waals surface area (Å²) >= 11 is 0. The molecule has 0 bridgehead atoms. The van der Waals surface area contributed by atoms with Crippen molar-refractivity contribution in [3.63, 3.8) is 0 Å². The van der Waals surface area contributed by atoms with Crippen molar-refractivity contribution in [2.75, 3.05) is 9.80 Å². The first-order valence-corrected chi connectivity index (χ1v) is 41.2. The minimum atomic E-state index is 0.526. The minimum absolute atomic E-state index is 0.526. The van der Waals surface area contributed by atoms with E-state index < -0.39 is 0 Å². The molecule has 23 rings (SSSR count). The summed E-state index contributed by atoms with van der Waals surface area (Å²) in [4.78, 5) is 14.8. The maximum Gasteiger partial charge on any atom is 0.227 e. The molecular formula is C114H72N4O4. The molecule has 0 aliphatic rings. The van der Waals surface area contributed by atoms with E-state index in [1.165, 1.54) is 22.3 Å². The Morgan fingerprint density at radius 1 is 0.172 bits per heavy atom. The summed E-state index contributed by atoms with van der Waals surface area (Å²) in [5, 5.41) is 5.94. The Balaban J connectivity index is 0.556. The van der Waals surface area contributed by atoms with Crippen LogP contribution in [0.3, 0.4) is 0 Å². The molecule has 0 aliphatic heterocycles. The fraction of sp³-hybridized carbons (Fsp3) is 0. The second-order valence-electron chi connectivity index (χ2n) is 31.1. The van der Waals surface area contributed by atoms with Gasteiger partial charge in [-0.15, -0.1) is 0 Å². The number of oxazole rings is 2. The third kappa shape index (κ3) is 13.0. The van der Waals surface area contributed by atoms with Gasteiger partial charge in [-0.1, -0.05) is 291 Å². The molecule has 0 saturated heterocycles. The number of fused-ring (bicyclic) bond motifs is 11. The molecular weight excluding hydrogens is 1490 g/mol. The van der Waals surface area contributed by atoms with Gasteiger partial charge in [-0.3, -0.25) is 0 Å². The van der Waals surface area contributed by atoms with Crippen molar-refractivity contribution in [2.45, 2.75) is 0 Å². The van der Waals surface area contributed by atoms with Crippen molar-refractivity contribution in [1.82, 2.24) is 9.97 Å². The van der Waals surface area contributed by atoms with E-state index >= 15 is 0 Å². The van der Waals surface area contributed by atoms with Gasteiger partial charge in [-0.2, -0.15) is 0 Å². The molecule has 0 spiro atoms. The monoisotopic (exact) mass is 1560 g/mol. The number of anilines is 6. The summed E-state index contributed by atoms with van der Waals surface area (Å²) in [5.74, 6) is 1.11. The maximum atomic E-state index is 6.95. The van der Waals surface area contributed by atoms with Crippen molar-refractivity contribution in [3.8, 4) is 123 Å². The lowest BCUT2D eigenvalue weighted by Crippen LogP contribution is -2.10. The smallest absolute Gasteiger partial charge is 0.227 e. The Morgan fingerprint density at radius 2 is 0.492 bits per heavy atom. The van der Waals surface area contributed by atoms with Gasteiger partial charge in [0.15, 0.2) is 11.2 Å². The molecule has 19 aromatic carbocycles. The molecule has 0 saturated carbocycles. The second-order valence-corrected chi connectivity index (χ2v) is 31.1. The average Bonchev–Trinajstić information content (AvgIpc) is 1.65. The zero-order chi connectivity index (χ0) is 80.6. The van der Waals surface area contributed by atoms with Gasteiger partial charge >= 0.3 is 0 Å². The predicted octanol–water partition coefficient (Wildman–Crippen LogP) is 32.2. The summed E-state index contributed by atoms with van der Waals surface area (Å²) < 4.78 is 26.8. The third-order valence-electron chi connectivity index (χ3n) is 23.8. The van der Waals surface area contributed by atoms with E-state index in [2.05, 4.69) is 392 Å². The largest absolute Gasteiger partial charge is 0.456 e. The summed E-state index contributed by atoms with van der Waals surface area (Å²) in [6.45, 7) is 0. The normalized spacial score (nSPS) is 11.6. The van der Waals surface area contributed by atoms with Gasteiger partial charge in [-0.05, 0) is 251 Å². The Hall–Kier alpha value is -16.4. The molecule has 4 aromatic heterocycles. The lowest BCUT2D eigenvalue weighted by atomic mass is 9.92. The lowest BCUT2D eigenvalue weighted by Gasteiger charge is -2.28. The van der Waals surface area contributed by atoms with Crippen LogP contribution in [0.15, 0.2) is 454 Å². The van der Waals surface area contributed by atoms with Crippen LogP contribution in [0.4, 0.5) is 34.1 Å².